The van der Waals surface area contributed by atoms with Gasteiger partial charge in [-0.25, -0.2) is 4.98 Å². The number of amides is 1. The summed E-state index contributed by atoms with van der Waals surface area (Å²) in [7, 11) is 3.91. The Labute approximate surface area is 148 Å². The highest BCUT2D eigenvalue weighted by molar-refractivity contribution is 5.79. The molecule has 3 atom stereocenters. The highest BCUT2D eigenvalue weighted by Gasteiger charge is 2.40. The van der Waals surface area contributed by atoms with Crippen molar-refractivity contribution in [3.8, 4) is 0 Å². The van der Waals surface area contributed by atoms with Gasteiger partial charge in [0.1, 0.15) is 5.82 Å². The van der Waals surface area contributed by atoms with E-state index >= 15 is 0 Å². The molecule has 2 N–H and O–H groups in total. The maximum atomic E-state index is 12.5. The van der Waals surface area contributed by atoms with E-state index in [1.54, 1.807) is 6.20 Å². The van der Waals surface area contributed by atoms with Gasteiger partial charge in [0.05, 0.1) is 18.6 Å². The number of rotatable bonds is 6. The molecule has 25 heavy (non-hydrogen) atoms. The molecule has 6 heteroatoms. The average molecular weight is 342 g/mol. The summed E-state index contributed by atoms with van der Waals surface area (Å²) in [5.41, 5.74) is 1.21. The summed E-state index contributed by atoms with van der Waals surface area (Å²) in [5.74, 6) is 0.355. The zero-order valence-corrected chi connectivity index (χ0v) is 14.8. The Hall–Kier alpha value is -2.18. The van der Waals surface area contributed by atoms with Crippen LogP contribution in [0.5, 0.6) is 0 Å². The molecule has 2 aromatic rings. The fourth-order valence-corrected chi connectivity index (χ4v) is 3.58. The Bertz CT molecular complexity index is 700. The van der Waals surface area contributed by atoms with Crippen molar-refractivity contribution in [1.82, 2.24) is 19.8 Å². The fourth-order valence-electron chi connectivity index (χ4n) is 3.58. The molecule has 1 fully saturated rings. The van der Waals surface area contributed by atoms with Crippen molar-refractivity contribution in [2.45, 2.75) is 38.1 Å². The molecule has 1 aromatic carbocycles. The van der Waals surface area contributed by atoms with Crippen molar-refractivity contribution in [3.05, 3.63) is 54.1 Å². The predicted octanol–water partition coefficient (Wildman–Crippen LogP) is 1.31. The van der Waals surface area contributed by atoms with Crippen LogP contribution in [0.15, 0.2) is 42.7 Å². The number of hydrogen-bond acceptors (Lipinski definition) is 4. The Kier molecular flexibility index (Phi) is 5.50. The lowest BCUT2D eigenvalue weighted by Crippen LogP contribution is -2.43. The monoisotopic (exact) mass is 342 g/mol. The molecule has 134 valence electrons. The number of benzene rings is 1. The van der Waals surface area contributed by atoms with E-state index in [0.29, 0.717) is 13.0 Å². The summed E-state index contributed by atoms with van der Waals surface area (Å²) in [4.78, 5) is 18.8. The van der Waals surface area contributed by atoms with Crippen molar-refractivity contribution < 1.29 is 9.90 Å². The van der Waals surface area contributed by atoms with Crippen LogP contribution < -0.4 is 5.32 Å². The summed E-state index contributed by atoms with van der Waals surface area (Å²) < 4.78 is 1.88. The van der Waals surface area contributed by atoms with Crippen molar-refractivity contribution in [1.29, 1.82) is 0 Å². The van der Waals surface area contributed by atoms with Crippen LogP contribution in [0.4, 0.5) is 0 Å². The summed E-state index contributed by atoms with van der Waals surface area (Å²) >= 11 is 0. The predicted molar refractivity (Wildman–Crippen MR) is 95.5 cm³/mol. The molecule has 1 aliphatic rings. The summed E-state index contributed by atoms with van der Waals surface area (Å²) in [6, 6.07) is 10.2. The van der Waals surface area contributed by atoms with Gasteiger partial charge < -0.3 is 15.0 Å². The van der Waals surface area contributed by atoms with Crippen LogP contribution in [0.25, 0.3) is 0 Å². The Morgan fingerprint density at radius 2 is 2.12 bits per heavy atom. The molecular weight excluding hydrogens is 316 g/mol. The molecule has 0 aliphatic heterocycles. The molecule has 0 radical (unpaired) electrons. The first kappa shape index (κ1) is 17.6. The van der Waals surface area contributed by atoms with E-state index in [0.717, 1.165) is 18.8 Å². The normalized spacial score (nSPS) is 23.1. The fraction of sp³-hybridized carbons (Fsp3) is 0.474. The minimum atomic E-state index is -0.643. The molecule has 1 amide bonds. The second-order valence-electron chi connectivity index (χ2n) is 6.81. The second-order valence-corrected chi connectivity index (χ2v) is 6.81. The van der Waals surface area contributed by atoms with Crippen LogP contribution >= 0.6 is 0 Å². The molecule has 0 unspecified atom stereocenters. The number of imidazole rings is 1. The number of hydrogen-bond donors (Lipinski definition) is 2. The first-order chi connectivity index (χ1) is 12.1. The van der Waals surface area contributed by atoms with Crippen LogP contribution in [0, 0.1) is 5.92 Å². The van der Waals surface area contributed by atoms with E-state index in [2.05, 4.69) is 27.3 Å². The first-order valence-electron chi connectivity index (χ1n) is 8.72. The van der Waals surface area contributed by atoms with Crippen LogP contribution in [-0.2, 0) is 24.9 Å². The van der Waals surface area contributed by atoms with Crippen molar-refractivity contribution >= 4 is 5.91 Å². The van der Waals surface area contributed by atoms with E-state index in [1.165, 1.54) is 5.56 Å². The number of aliphatic hydroxyl groups excluding tert-OH is 1. The third-order valence-corrected chi connectivity index (χ3v) is 5.10. The molecule has 1 aromatic heterocycles. The highest BCUT2D eigenvalue weighted by atomic mass is 16.3. The lowest BCUT2D eigenvalue weighted by molar-refractivity contribution is -0.128. The molecular formula is C19H26N4O2. The Morgan fingerprint density at radius 3 is 2.80 bits per heavy atom. The van der Waals surface area contributed by atoms with Gasteiger partial charge in [0.15, 0.2) is 0 Å². The molecule has 0 saturated heterocycles. The van der Waals surface area contributed by atoms with Gasteiger partial charge in [-0.15, -0.1) is 0 Å². The van der Waals surface area contributed by atoms with E-state index in [9.17, 15) is 9.90 Å². The number of carbonyl (C=O) groups excluding carboxylic acids is 1. The van der Waals surface area contributed by atoms with E-state index in [-0.39, 0.29) is 17.9 Å². The topological polar surface area (TPSA) is 70.4 Å². The minimum absolute atomic E-state index is 0.00381. The zero-order valence-electron chi connectivity index (χ0n) is 14.8. The maximum absolute atomic E-state index is 12.5. The van der Waals surface area contributed by atoms with Gasteiger partial charge in [-0.3, -0.25) is 9.69 Å². The largest absolute Gasteiger partial charge is 0.391 e. The van der Waals surface area contributed by atoms with Gasteiger partial charge in [0.2, 0.25) is 5.91 Å². The van der Waals surface area contributed by atoms with Gasteiger partial charge >= 0.3 is 0 Å². The number of nitrogens with zero attached hydrogens (tertiary/aromatic N) is 3. The summed E-state index contributed by atoms with van der Waals surface area (Å²) in [6.45, 7) is 1.15. The molecule has 0 bridgehead atoms. The third-order valence-electron chi connectivity index (χ3n) is 5.10. The van der Waals surface area contributed by atoms with Crippen LogP contribution in [0.3, 0.4) is 0 Å². The van der Waals surface area contributed by atoms with Crippen molar-refractivity contribution in [2.75, 3.05) is 7.05 Å². The third kappa shape index (κ3) is 4.08. The molecule has 1 heterocycles. The van der Waals surface area contributed by atoms with Crippen LogP contribution in [0.1, 0.15) is 24.2 Å². The Morgan fingerprint density at radius 1 is 1.36 bits per heavy atom. The smallest absolute Gasteiger partial charge is 0.226 e. The number of aliphatic hydroxyl groups is 1. The van der Waals surface area contributed by atoms with E-state index in [1.807, 2.05) is 43.1 Å². The molecule has 6 nitrogen and oxygen atoms in total. The number of likely N-dealkylation sites (N-methyl/N-ethyl adjacent to an activating group) is 1. The lowest BCUT2D eigenvalue weighted by atomic mass is 10.0. The summed E-state index contributed by atoms with van der Waals surface area (Å²) in [6.07, 6.45) is 4.44. The maximum Gasteiger partial charge on any atom is 0.226 e. The van der Waals surface area contributed by atoms with Crippen molar-refractivity contribution in [2.24, 2.45) is 13.0 Å². The highest BCUT2D eigenvalue weighted by Crippen LogP contribution is 2.30. The minimum Gasteiger partial charge on any atom is -0.391 e. The zero-order chi connectivity index (χ0) is 17.8. The quantitative estimate of drug-likeness (QED) is 0.830. The summed E-state index contributed by atoms with van der Waals surface area (Å²) in [5, 5.41) is 13.6. The van der Waals surface area contributed by atoms with Gasteiger partial charge in [-0.2, -0.15) is 0 Å². The number of carbonyl (C=O) groups is 1. The second kappa shape index (κ2) is 7.80. The van der Waals surface area contributed by atoms with Crippen molar-refractivity contribution in [3.63, 3.8) is 0 Å². The Balaban J connectivity index is 1.54. The lowest BCUT2D eigenvalue weighted by Gasteiger charge is -2.28. The van der Waals surface area contributed by atoms with Gasteiger partial charge in [0.25, 0.3) is 0 Å². The van der Waals surface area contributed by atoms with Gasteiger partial charge in [-0.05, 0) is 25.5 Å². The SMILES string of the molecule is CN(Cc1ccccc1)[C@@H]1CC[C@@H](C(=O)NCc2nccn2C)[C@@H]1O. The molecule has 3 rings (SSSR count). The molecule has 1 aliphatic carbocycles. The van der Waals surface area contributed by atoms with Crippen LogP contribution in [-0.4, -0.2) is 44.7 Å². The van der Waals surface area contributed by atoms with Gasteiger partial charge in [-0.1, -0.05) is 30.3 Å². The van der Waals surface area contributed by atoms with E-state index < -0.39 is 6.10 Å². The first-order valence-corrected chi connectivity index (χ1v) is 8.72. The van der Waals surface area contributed by atoms with Gasteiger partial charge in [0, 0.05) is 32.0 Å². The average Bonchev–Trinajstić information content (AvgIpc) is 3.19. The number of aromatic nitrogens is 2. The standard InChI is InChI=1S/C19H26N4O2/c1-22-11-10-20-17(22)12-21-19(25)15-8-9-16(18(15)24)23(2)13-14-6-4-3-5-7-14/h3-7,10-11,15-16,18,24H,8-9,12-13H2,1-2H3,(H,21,25)/t15-,16-,18+/m1/s1. The molecule has 1 saturated carbocycles. The number of nitrogens with one attached hydrogen (secondary N) is 1. The number of aryl methyl sites for hydroxylation is 1. The molecule has 0 spiro atoms. The van der Waals surface area contributed by atoms with Crippen LogP contribution in [0.2, 0.25) is 0 Å². The van der Waals surface area contributed by atoms with E-state index in [4.69, 9.17) is 0 Å².